The van der Waals surface area contributed by atoms with E-state index < -0.39 is 58.0 Å². The van der Waals surface area contributed by atoms with Gasteiger partial charge in [-0.3, -0.25) is 19.3 Å². The molecule has 3 fully saturated rings. The van der Waals surface area contributed by atoms with Gasteiger partial charge in [0.25, 0.3) is 5.91 Å². The van der Waals surface area contributed by atoms with Crippen LogP contribution < -0.4 is 10.6 Å². The van der Waals surface area contributed by atoms with Gasteiger partial charge in [0, 0.05) is 31.3 Å². The zero-order valence-electron chi connectivity index (χ0n) is 26.2. The van der Waals surface area contributed by atoms with Crippen LogP contribution in [0.5, 0.6) is 5.75 Å². The standard InChI is InChI=1S/C34H45N3O7/c1-36(2)22-16-18(7-5-6-17-8-10-33(11-9-17)12-13-33)27(38)24-20(22)14-19-15-21-26(37(3)4)29(40)25(32(35)43)31(42)34(21,44)30(41)23(19)28(24)39/h16-17,19,21,26,38-39,42,44H,5-15H2,1-4H3,(H2,35,43)/t19-,21-,26-,34-/m0/s1. The molecule has 1 spiro atoms. The number of rotatable bonds is 7. The van der Waals surface area contributed by atoms with Crippen molar-refractivity contribution in [3.05, 3.63) is 39.7 Å². The number of anilines is 1. The molecule has 1 aromatic rings. The van der Waals surface area contributed by atoms with Crippen LogP contribution in [0.15, 0.2) is 23.0 Å². The van der Waals surface area contributed by atoms with Crippen LogP contribution in [0.3, 0.4) is 0 Å². The summed E-state index contributed by atoms with van der Waals surface area (Å²) >= 11 is 0. The second-order valence-electron chi connectivity index (χ2n) is 14.4. The molecule has 1 amide bonds. The number of phenols is 1. The molecular formula is C34H45N3O7. The third-order valence-electron chi connectivity index (χ3n) is 11.4. The molecule has 5 aliphatic rings. The van der Waals surface area contributed by atoms with Crippen molar-refractivity contribution in [3.63, 3.8) is 0 Å². The van der Waals surface area contributed by atoms with Gasteiger partial charge in [-0.05, 0) is 113 Å². The summed E-state index contributed by atoms with van der Waals surface area (Å²) in [5.74, 6) is -5.58. The molecule has 0 bridgehead atoms. The largest absolute Gasteiger partial charge is 0.508 e. The second-order valence-corrected chi connectivity index (χ2v) is 14.4. The molecule has 5 aliphatic carbocycles. The molecule has 238 valence electrons. The fourth-order valence-electron chi connectivity index (χ4n) is 8.77. The van der Waals surface area contributed by atoms with Crippen molar-refractivity contribution < 1.29 is 34.8 Å². The van der Waals surface area contributed by atoms with E-state index in [-0.39, 0.29) is 29.7 Å². The highest BCUT2D eigenvalue weighted by atomic mass is 16.3. The van der Waals surface area contributed by atoms with Gasteiger partial charge in [0.1, 0.15) is 22.8 Å². The van der Waals surface area contributed by atoms with Crippen LogP contribution in [0.2, 0.25) is 0 Å². The third-order valence-corrected chi connectivity index (χ3v) is 11.4. The first kappa shape index (κ1) is 30.6. The van der Waals surface area contributed by atoms with Crippen molar-refractivity contribution in [2.75, 3.05) is 33.1 Å². The van der Waals surface area contributed by atoms with Crippen molar-refractivity contribution in [1.82, 2.24) is 4.90 Å². The van der Waals surface area contributed by atoms with E-state index in [4.69, 9.17) is 5.73 Å². The van der Waals surface area contributed by atoms with Crippen LogP contribution in [0, 0.1) is 23.2 Å². The SMILES string of the molecule is CN(C)c1cc(CCCC2CCC3(CC2)CC3)c(O)c2c1C[C@H]1C[C@H]3[C@H](N(C)C)C(=O)C(C(N)=O)=C(O)[C@@]3(O)C(=O)C1=C2O. The average molecular weight is 608 g/mol. The highest BCUT2D eigenvalue weighted by Crippen LogP contribution is 2.58. The molecule has 0 aromatic heterocycles. The summed E-state index contributed by atoms with van der Waals surface area (Å²) in [5.41, 5.74) is 4.86. The van der Waals surface area contributed by atoms with Crippen molar-refractivity contribution in [2.45, 2.75) is 82.3 Å². The number of ketones is 2. The van der Waals surface area contributed by atoms with Gasteiger partial charge in [0.05, 0.1) is 11.6 Å². The summed E-state index contributed by atoms with van der Waals surface area (Å²) in [6.45, 7) is 0. The van der Waals surface area contributed by atoms with Crippen LogP contribution in [-0.4, -0.2) is 82.6 Å². The summed E-state index contributed by atoms with van der Waals surface area (Å²) in [4.78, 5) is 43.1. The van der Waals surface area contributed by atoms with Gasteiger partial charge in [-0.15, -0.1) is 0 Å². The van der Waals surface area contributed by atoms with Gasteiger partial charge in [0.2, 0.25) is 5.78 Å². The lowest BCUT2D eigenvalue weighted by Crippen LogP contribution is -2.65. The number of nitrogens with two attached hydrogens (primary N) is 1. The van der Waals surface area contributed by atoms with Crippen LogP contribution in [-0.2, 0) is 27.2 Å². The number of primary amides is 1. The van der Waals surface area contributed by atoms with E-state index in [1.807, 2.05) is 25.1 Å². The lowest BCUT2D eigenvalue weighted by Gasteiger charge is -2.50. The first-order valence-electron chi connectivity index (χ1n) is 15.9. The Labute approximate surface area is 258 Å². The van der Waals surface area contributed by atoms with Gasteiger partial charge in [-0.1, -0.05) is 6.42 Å². The normalized spacial score (nSPS) is 29.5. The number of hydrogen-bond acceptors (Lipinski definition) is 9. The number of carbonyl (C=O) groups excluding carboxylic acids is 3. The predicted molar refractivity (Wildman–Crippen MR) is 165 cm³/mol. The highest BCUT2D eigenvalue weighted by Gasteiger charge is 2.64. The molecule has 1 aromatic carbocycles. The van der Waals surface area contributed by atoms with Crippen molar-refractivity contribution in [2.24, 2.45) is 28.9 Å². The number of Topliss-reactive ketones (excluding diaryl/α,β-unsaturated/α-hetero) is 2. The minimum atomic E-state index is -2.64. The molecule has 0 unspecified atom stereocenters. The number of benzene rings is 1. The minimum absolute atomic E-state index is 0.0732. The zero-order valence-corrected chi connectivity index (χ0v) is 26.2. The fraction of sp³-hybridized carbons (Fsp3) is 0.618. The van der Waals surface area contributed by atoms with Gasteiger partial charge < -0.3 is 31.1 Å². The maximum Gasteiger partial charge on any atom is 0.255 e. The number of likely N-dealkylation sites (N-methyl/N-ethyl adjacent to an activating group) is 1. The van der Waals surface area contributed by atoms with Gasteiger partial charge >= 0.3 is 0 Å². The Balaban J connectivity index is 1.37. The number of aliphatic hydroxyl groups is 3. The Hall–Kier alpha value is -3.37. The first-order chi connectivity index (χ1) is 20.7. The smallest absolute Gasteiger partial charge is 0.255 e. The Morgan fingerprint density at radius 1 is 1.05 bits per heavy atom. The molecule has 0 saturated heterocycles. The van der Waals surface area contributed by atoms with E-state index in [9.17, 15) is 34.8 Å². The molecule has 10 heteroatoms. The molecule has 4 atom stereocenters. The van der Waals surface area contributed by atoms with Crippen molar-refractivity contribution in [3.8, 4) is 5.75 Å². The molecule has 0 radical (unpaired) electrons. The van der Waals surface area contributed by atoms with Gasteiger partial charge in [-0.2, -0.15) is 0 Å². The number of nitrogens with zero attached hydrogens (tertiary/aromatic N) is 2. The Morgan fingerprint density at radius 2 is 1.70 bits per heavy atom. The maximum absolute atomic E-state index is 14.2. The monoisotopic (exact) mass is 607 g/mol. The molecule has 44 heavy (non-hydrogen) atoms. The quantitative estimate of drug-likeness (QED) is 0.293. The number of carbonyl (C=O) groups is 3. The molecule has 0 aliphatic heterocycles. The van der Waals surface area contributed by atoms with Crippen LogP contribution in [0.4, 0.5) is 5.69 Å². The summed E-state index contributed by atoms with van der Waals surface area (Å²) in [5, 5.41) is 46.2. The van der Waals surface area contributed by atoms with E-state index in [2.05, 4.69) is 0 Å². The summed E-state index contributed by atoms with van der Waals surface area (Å²) < 4.78 is 0. The highest BCUT2D eigenvalue weighted by molar-refractivity contribution is 6.24. The minimum Gasteiger partial charge on any atom is -0.508 e. The molecule has 6 N–H and O–H groups in total. The Morgan fingerprint density at radius 3 is 2.27 bits per heavy atom. The Kier molecular flexibility index (Phi) is 7.40. The average Bonchev–Trinajstić information content (AvgIpc) is 3.71. The van der Waals surface area contributed by atoms with E-state index in [0.29, 0.717) is 28.9 Å². The summed E-state index contributed by atoms with van der Waals surface area (Å²) in [6.07, 6.45) is 10.9. The number of hydrogen-bond donors (Lipinski definition) is 5. The number of aromatic hydroxyl groups is 1. The van der Waals surface area contributed by atoms with Crippen LogP contribution in [0.1, 0.15) is 74.5 Å². The molecule has 10 nitrogen and oxygen atoms in total. The third kappa shape index (κ3) is 4.55. The van der Waals surface area contributed by atoms with Crippen molar-refractivity contribution in [1.29, 1.82) is 0 Å². The molecule has 6 rings (SSSR count). The van der Waals surface area contributed by atoms with Crippen LogP contribution in [0.25, 0.3) is 5.76 Å². The number of aryl methyl sites for hydroxylation is 1. The lowest BCUT2D eigenvalue weighted by atomic mass is 9.57. The molecule has 3 saturated carbocycles. The van der Waals surface area contributed by atoms with Crippen LogP contribution >= 0.6 is 0 Å². The molecule has 0 heterocycles. The first-order valence-corrected chi connectivity index (χ1v) is 15.9. The summed E-state index contributed by atoms with van der Waals surface area (Å²) in [7, 11) is 6.97. The Bertz CT molecular complexity index is 1490. The van der Waals surface area contributed by atoms with Gasteiger partial charge in [0.15, 0.2) is 11.4 Å². The fourth-order valence-corrected chi connectivity index (χ4v) is 8.77. The van der Waals surface area contributed by atoms with E-state index >= 15 is 0 Å². The van der Waals surface area contributed by atoms with E-state index in [1.165, 1.54) is 43.4 Å². The predicted octanol–water partition coefficient (Wildman–Crippen LogP) is 3.32. The van der Waals surface area contributed by atoms with E-state index in [1.54, 1.807) is 14.1 Å². The maximum atomic E-state index is 14.2. The molecular weight excluding hydrogens is 562 g/mol. The van der Waals surface area contributed by atoms with Gasteiger partial charge in [-0.25, -0.2) is 0 Å². The topological polar surface area (TPSA) is 165 Å². The second kappa shape index (κ2) is 10.6. The number of amides is 1. The van der Waals surface area contributed by atoms with E-state index in [0.717, 1.165) is 18.5 Å². The summed E-state index contributed by atoms with van der Waals surface area (Å²) in [6, 6.07) is 0.865. The number of phenolic OH excluding ortho intramolecular Hbond substituents is 1. The number of aliphatic hydroxyl groups excluding tert-OH is 2. The zero-order chi connectivity index (χ0) is 31.9. The lowest BCUT2D eigenvalue weighted by molar-refractivity contribution is -0.153. The number of fused-ring (bicyclic) bond motifs is 3. The van der Waals surface area contributed by atoms with Crippen molar-refractivity contribution >= 4 is 28.9 Å².